The summed E-state index contributed by atoms with van der Waals surface area (Å²) < 4.78 is 10.8. The van der Waals surface area contributed by atoms with Gasteiger partial charge < -0.3 is 19.7 Å². The van der Waals surface area contributed by atoms with Crippen molar-refractivity contribution in [3.05, 3.63) is 53.6 Å². The Hall–Kier alpha value is -2.69. The van der Waals surface area contributed by atoms with E-state index in [0.29, 0.717) is 13.1 Å². The van der Waals surface area contributed by atoms with Crippen molar-refractivity contribution in [1.82, 2.24) is 4.90 Å². The maximum Gasteiger partial charge on any atom is 0.322 e. The summed E-state index contributed by atoms with van der Waals surface area (Å²) >= 11 is 0. The van der Waals surface area contributed by atoms with Gasteiger partial charge in [0, 0.05) is 18.8 Å². The fraction of sp³-hybridized carbons (Fsp3) is 0.381. The number of amides is 2. The predicted octanol–water partition coefficient (Wildman–Crippen LogP) is 4.77. The lowest BCUT2D eigenvalue weighted by molar-refractivity contribution is 0.174. The Balaban J connectivity index is 1.74. The number of carbonyl (C=O) groups excluding carboxylic acids is 1. The second kappa shape index (κ2) is 7.28. The summed E-state index contributed by atoms with van der Waals surface area (Å²) in [6.45, 7) is 9.77. The number of fused-ring (bicyclic) bond motifs is 1. The largest absolute Gasteiger partial charge is 0.454 e. The van der Waals surface area contributed by atoms with Gasteiger partial charge in [0.05, 0.1) is 0 Å². The van der Waals surface area contributed by atoms with Crippen LogP contribution in [0.1, 0.15) is 38.8 Å². The molecule has 1 N–H and O–H groups in total. The van der Waals surface area contributed by atoms with E-state index in [1.165, 1.54) is 0 Å². The lowest BCUT2D eigenvalue weighted by Crippen LogP contribution is -2.35. The molecule has 2 aromatic rings. The zero-order valence-corrected chi connectivity index (χ0v) is 15.8. The molecule has 0 saturated heterocycles. The fourth-order valence-corrected chi connectivity index (χ4v) is 3.03. The molecule has 0 radical (unpaired) electrons. The van der Waals surface area contributed by atoms with E-state index in [4.69, 9.17) is 9.47 Å². The molecular weight excluding hydrogens is 328 g/mol. The number of nitrogens with zero attached hydrogens (tertiary/aromatic N) is 1. The molecule has 0 unspecified atom stereocenters. The molecule has 0 spiro atoms. The Morgan fingerprint density at radius 3 is 2.58 bits per heavy atom. The average molecular weight is 354 g/mol. The molecule has 1 aliphatic heterocycles. The summed E-state index contributed by atoms with van der Waals surface area (Å²) in [5.41, 5.74) is 2.94. The number of nitrogens with one attached hydrogen (secondary N) is 1. The molecule has 0 atom stereocenters. The first-order valence-electron chi connectivity index (χ1n) is 8.92. The lowest BCUT2D eigenvalue weighted by Gasteiger charge is -2.26. The zero-order valence-electron chi connectivity index (χ0n) is 15.8. The molecule has 1 heterocycles. The number of hydrogen-bond acceptors (Lipinski definition) is 3. The highest BCUT2D eigenvalue weighted by Crippen LogP contribution is 2.33. The van der Waals surface area contributed by atoms with Crippen molar-refractivity contribution >= 4 is 11.7 Å². The summed E-state index contributed by atoms with van der Waals surface area (Å²) in [5, 5.41) is 3.07. The van der Waals surface area contributed by atoms with Crippen molar-refractivity contribution in [3.8, 4) is 11.5 Å². The third kappa shape index (κ3) is 3.93. The van der Waals surface area contributed by atoms with Crippen LogP contribution in [0.4, 0.5) is 10.5 Å². The summed E-state index contributed by atoms with van der Waals surface area (Å²) in [7, 11) is 0. The molecular formula is C21H26N2O3. The topological polar surface area (TPSA) is 50.8 Å². The predicted molar refractivity (Wildman–Crippen MR) is 103 cm³/mol. The molecule has 5 heteroatoms. The fourth-order valence-electron chi connectivity index (χ4n) is 3.03. The van der Waals surface area contributed by atoms with Gasteiger partial charge in [-0.25, -0.2) is 4.79 Å². The normalized spacial score (nSPS) is 12.8. The van der Waals surface area contributed by atoms with E-state index in [0.717, 1.165) is 28.3 Å². The van der Waals surface area contributed by atoms with Crippen LogP contribution < -0.4 is 14.8 Å². The van der Waals surface area contributed by atoms with Crippen molar-refractivity contribution in [2.24, 2.45) is 0 Å². The molecule has 0 fully saturated rings. The van der Waals surface area contributed by atoms with Crippen LogP contribution in [-0.4, -0.2) is 24.3 Å². The van der Waals surface area contributed by atoms with Crippen LogP contribution in [0.15, 0.2) is 42.5 Å². The van der Waals surface area contributed by atoms with E-state index >= 15 is 0 Å². The minimum Gasteiger partial charge on any atom is -0.454 e. The van der Waals surface area contributed by atoms with Crippen molar-refractivity contribution in [1.29, 1.82) is 0 Å². The third-order valence-corrected chi connectivity index (χ3v) is 4.46. The Kier molecular flexibility index (Phi) is 5.07. The van der Waals surface area contributed by atoms with Crippen molar-refractivity contribution < 1.29 is 14.3 Å². The molecule has 2 aromatic carbocycles. The number of urea groups is 1. The van der Waals surface area contributed by atoms with Gasteiger partial charge in [-0.2, -0.15) is 0 Å². The summed E-state index contributed by atoms with van der Waals surface area (Å²) in [6, 6.07) is 13.6. The quantitative estimate of drug-likeness (QED) is 0.861. The number of benzene rings is 2. The minimum atomic E-state index is -0.109. The van der Waals surface area contributed by atoms with Crippen LogP contribution in [0.3, 0.4) is 0 Å². The van der Waals surface area contributed by atoms with E-state index < -0.39 is 0 Å². The number of para-hydroxylation sites is 1. The van der Waals surface area contributed by atoms with Gasteiger partial charge in [0.15, 0.2) is 11.5 Å². The molecule has 1 aliphatic rings. The summed E-state index contributed by atoms with van der Waals surface area (Å²) in [6.07, 6.45) is 0. The second-order valence-corrected chi connectivity index (χ2v) is 7.43. The summed E-state index contributed by atoms with van der Waals surface area (Å²) in [4.78, 5) is 14.6. The first-order valence-corrected chi connectivity index (χ1v) is 8.92. The van der Waals surface area contributed by atoms with Crippen LogP contribution in [-0.2, 0) is 12.0 Å². The molecule has 138 valence electrons. The first-order chi connectivity index (χ1) is 12.4. The first kappa shape index (κ1) is 18.1. The Bertz CT molecular complexity index is 796. The highest BCUT2D eigenvalue weighted by molar-refractivity contribution is 5.90. The number of anilines is 1. The average Bonchev–Trinajstić information content (AvgIpc) is 3.06. The zero-order chi connectivity index (χ0) is 18.7. The Morgan fingerprint density at radius 2 is 1.85 bits per heavy atom. The smallest absolute Gasteiger partial charge is 0.322 e. The number of carbonyl (C=O) groups is 1. The van der Waals surface area contributed by atoms with Gasteiger partial charge >= 0.3 is 6.03 Å². The maximum absolute atomic E-state index is 12.8. The van der Waals surface area contributed by atoms with E-state index in [1.54, 1.807) is 4.90 Å². The van der Waals surface area contributed by atoms with E-state index in [2.05, 4.69) is 32.2 Å². The maximum atomic E-state index is 12.8. The van der Waals surface area contributed by atoms with Crippen LogP contribution in [0.2, 0.25) is 0 Å². The van der Waals surface area contributed by atoms with Crippen LogP contribution >= 0.6 is 0 Å². The van der Waals surface area contributed by atoms with Crippen molar-refractivity contribution in [3.63, 3.8) is 0 Å². The highest BCUT2D eigenvalue weighted by Gasteiger charge is 2.21. The van der Waals surface area contributed by atoms with E-state index in [1.807, 2.05) is 43.3 Å². The third-order valence-electron chi connectivity index (χ3n) is 4.46. The molecule has 0 aliphatic carbocycles. The molecule has 0 bridgehead atoms. The molecule has 0 saturated carbocycles. The van der Waals surface area contributed by atoms with Crippen molar-refractivity contribution in [2.45, 2.75) is 39.7 Å². The van der Waals surface area contributed by atoms with Crippen molar-refractivity contribution in [2.75, 3.05) is 18.7 Å². The molecule has 2 amide bonds. The van der Waals surface area contributed by atoms with E-state index in [9.17, 15) is 4.79 Å². The number of rotatable bonds is 4. The monoisotopic (exact) mass is 354 g/mol. The minimum absolute atomic E-state index is 0.0434. The van der Waals surface area contributed by atoms with Gasteiger partial charge in [0.1, 0.15) is 0 Å². The Morgan fingerprint density at radius 1 is 1.12 bits per heavy atom. The molecule has 5 nitrogen and oxygen atoms in total. The van der Waals surface area contributed by atoms with Crippen LogP contribution in [0.5, 0.6) is 11.5 Å². The second-order valence-electron chi connectivity index (χ2n) is 7.43. The van der Waals surface area contributed by atoms with Gasteiger partial charge in [-0.05, 0) is 41.7 Å². The van der Waals surface area contributed by atoms with Crippen LogP contribution in [0, 0.1) is 0 Å². The van der Waals surface area contributed by atoms with Crippen LogP contribution in [0.25, 0.3) is 0 Å². The van der Waals surface area contributed by atoms with Gasteiger partial charge in [-0.15, -0.1) is 0 Å². The standard InChI is InChI=1S/C21H26N2O3/c1-5-23(13-15-10-11-18-19(12-15)26-14-25-18)20(24)22-17-9-7-6-8-16(17)21(2,3)4/h6-12H,5,13-14H2,1-4H3,(H,22,24). The molecule has 26 heavy (non-hydrogen) atoms. The van der Waals surface area contributed by atoms with Gasteiger partial charge in [0.25, 0.3) is 0 Å². The molecule has 3 rings (SSSR count). The number of ether oxygens (including phenoxy) is 2. The highest BCUT2D eigenvalue weighted by atomic mass is 16.7. The SMILES string of the molecule is CCN(Cc1ccc2c(c1)OCO2)C(=O)Nc1ccccc1C(C)(C)C. The Labute approximate surface area is 154 Å². The summed E-state index contributed by atoms with van der Waals surface area (Å²) in [5.74, 6) is 1.48. The van der Waals surface area contributed by atoms with Gasteiger partial charge in [-0.3, -0.25) is 0 Å². The van der Waals surface area contributed by atoms with E-state index in [-0.39, 0.29) is 18.2 Å². The van der Waals surface area contributed by atoms with Gasteiger partial charge in [-0.1, -0.05) is 45.0 Å². The number of hydrogen-bond donors (Lipinski definition) is 1. The molecule has 0 aromatic heterocycles. The lowest BCUT2D eigenvalue weighted by atomic mass is 9.86. The van der Waals surface area contributed by atoms with Gasteiger partial charge in [0.2, 0.25) is 6.79 Å².